The number of amides is 1. The summed E-state index contributed by atoms with van der Waals surface area (Å²) in [7, 11) is 0. The molecule has 1 amide bonds. The van der Waals surface area contributed by atoms with Gasteiger partial charge in [0, 0.05) is 18.8 Å². The summed E-state index contributed by atoms with van der Waals surface area (Å²) in [5.74, 6) is -0.0179. The van der Waals surface area contributed by atoms with Crippen molar-refractivity contribution in [1.29, 1.82) is 0 Å². The number of aliphatic hydroxyl groups is 1. The number of rotatable bonds is 8. The Balaban J connectivity index is 2.47. The fourth-order valence-electron chi connectivity index (χ4n) is 2.26. The van der Waals surface area contributed by atoms with Gasteiger partial charge in [-0.25, -0.2) is 0 Å². The van der Waals surface area contributed by atoms with E-state index in [2.05, 4.69) is 29.4 Å². The Kier molecular flexibility index (Phi) is 6.02. The minimum absolute atomic E-state index is 0.00585. The van der Waals surface area contributed by atoms with E-state index in [0.717, 1.165) is 30.7 Å². The molecule has 0 bridgehead atoms. The molecule has 0 aliphatic rings. The van der Waals surface area contributed by atoms with Gasteiger partial charge in [-0.15, -0.1) is 0 Å². The summed E-state index contributed by atoms with van der Waals surface area (Å²) in [6.07, 6.45) is 2.92. The molecule has 0 radical (unpaired) electrons. The first-order valence-electron chi connectivity index (χ1n) is 6.93. The zero-order chi connectivity index (χ0) is 14.3. The number of aromatic amines is 1. The van der Waals surface area contributed by atoms with Gasteiger partial charge >= 0.3 is 0 Å². The molecule has 0 spiro atoms. The summed E-state index contributed by atoms with van der Waals surface area (Å²) in [6.45, 7) is 6.89. The lowest BCUT2D eigenvalue weighted by atomic mass is 9.79. The second kappa shape index (κ2) is 7.28. The van der Waals surface area contributed by atoms with Gasteiger partial charge in [0.1, 0.15) is 0 Å². The predicted molar refractivity (Wildman–Crippen MR) is 74.8 cm³/mol. The highest BCUT2D eigenvalue weighted by atomic mass is 16.3. The molecule has 0 aromatic carbocycles. The second-order valence-electron chi connectivity index (χ2n) is 5.18. The quantitative estimate of drug-likeness (QED) is 0.669. The van der Waals surface area contributed by atoms with Crippen molar-refractivity contribution in [2.24, 2.45) is 5.41 Å². The van der Waals surface area contributed by atoms with E-state index in [0.29, 0.717) is 13.0 Å². The lowest BCUT2D eigenvalue weighted by molar-refractivity contribution is -0.121. The third-order valence-corrected chi connectivity index (χ3v) is 3.90. The number of hydrogen-bond donors (Lipinski definition) is 3. The van der Waals surface area contributed by atoms with Crippen LogP contribution in [0.15, 0.2) is 6.07 Å². The molecule has 3 N–H and O–H groups in total. The van der Waals surface area contributed by atoms with Crippen molar-refractivity contribution in [3.63, 3.8) is 0 Å². The summed E-state index contributed by atoms with van der Waals surface area (Å²) in [4.78, 5) is 11.9. The van der Waals surface area contributed by atoms with Crippen LogP contribution in [-0.4, -0.2) is 34.4 Å². The van der Waals surface area contributed by atoms with Crippen LogP contribution in [0.2, 0.25) is 0 Å². The Bertz CT molecular complexity index is 397. The molecule has 1 aromatic heterocycles. The van der Waals surface area contributed by atoms with Crippen LogP contribution in [0.1, 0.15) is 44.5 Å². The fourth-order valence-corrected chi connectivity index (χ4v) is 2.26. The first-order valence-corrected chi connectivity index (χ1v) is 6.93. The molecular weight excluding hydrogens is 242 g/mol. The molecule has 0 fully saturated rings. The van der Waals surface area contributed by atoms with Crippen molar-refractivity contribution in [2.45, 2.75) is 46.5 Å². The molecule has 1 rings (SSSR count). The normalized spacial score (nSPS) is 11.6. The van der Waals surface area contributed by atoms with Gasteiger partial charge in [0.05, 0.1) is 12.1 Å². The number of aromatic nitrogens is 2. The zero-order valence-electron chi connectivity index (χ0n) is 12.1. The average molecular weight is 267 g/mol. The van der Waals surface area contributed by atoms with Crippen molar-refractivity contribution < 1.29 is 9.90 Å². The maximum atomic E-state index is 11.9. The number of nitrogens with zero attached hydrogens (tertiary/aromatic N) is 1. The molecule has 0 saturated carbocycles. The number of hydrogen-bond acceptors (Lipinski definition) is 3. The average Bonchev–Trinajstić information content (AvgIpc) is 2.80. The van der Waals surface area contributed by atoms with Gasteiger partial charge in [0.15, 0.2) is 0 Å². The van der Waals surface area contributed by atoms with Crippen LogP contribution in [0.5, 0.6) is 0 Å². The SMILES string of the molecule is CCC(CC)(CCO)CNC(=O)Cc1cc(C)[nH]n1. The minimum Gasteiger partial charge on any atom is -0.396 e. The number of aryl methyl sites for hydroxylation is 1. The molecule has 0 aliphatic carbocycles. The maximum absolute atomic E-state index is 11.9. The highest BCUT2D eigenvalue weighted by Gasteiger charge is 2.26. The van der Waals surface area contributed by atoms with Crippen molar-refractivity contribution in [3.05, 3.63) is 17.5 Å². The van der Waals surface area contributed by atoms with E-state index < -0.39 is 0 Å². The van der Waals surface area contributed by atoms with Gasteiger partial charge in [0.2, 0.25) is 5.91 Å². The van der Waals surface area contributed by atoms with Crippen molar-refractivity contribution in [2.75, 3.05) is 13.2 Å². The van der Waals surface area contributed by atoms with Gasteiger partial charge in [-0.3, -0.25) is 9.89 Å². The zero-order valence-corrected chi connectivity index (χ0v) is 12.1. The highest BCUT2D eigenvalue weighted by molar-refractivity contribution is 5.78. The van der Waals surface area contributed by atoms with Crippen LogP contribution >= 0.6 is 0 Å². The number of carbonyl (C=O) groups excluding carboxylic acids is 1. The molecule has 0 atom stereocenters. The smallest absolute Gasteiger partial charge is 0.226 e. The first kappa shape index (κ1) is 15.7. The summed E-state index contributed by atoms with van der Waals surface area (Å²) in [6, 6.07) is 1.88. The van der Waals surface area contributed by atoms with Gasteiger partial charge in [-0.2, -0.15) is 5.10 Å². The standard InChI is InChI=1S/C14H25N3O2/c1-4-14(5-2,6-7-18)10-15-13(19)9-12-8-11(3)16-17-12/h8,18H,4-7,9-10H2,1-3H3,(H,15,19)(H,16,17). The van der Waals surface area contributed by atoms with Gasteiger partial charge in [-0.05, 0) is 37.7 Å². The largest absolute Gasteiger partial charge is 0.396 e. The highest BCUT2D eigenvalue weighted by Crippen LogP contribution is 2.29. The first-order chi connectivity index (χ1) is 9.05. The Labute approximate surface area is 114 Å². The van der Waals surface area contributed by atoms with Crippen molar-refractivity contribution in [3.8, 4) is 0 Å². The van der Waals surface area contributed by atoms with E-state index in [1.807, 2.05) is 13.0 Å². The molecule has 5 heteroatoms. The number of aliphatic hydroxyl groups excluding tert-OH is 1. The topological polar surface area (TPSA) is 78.0 Å². The molecular formula is C14H25N3O2. The van der Waals surface area contributed by atoms with E-state index >= 15 is 0 Å². The second-order valence-corrected chi connectivity index (χ2v) is 5.18. The predicted octanol–water partition coefficient (Wildman–Crippen LogP) is 1.57. The van der Waals surface area contributed by atoms with Crippen LogP contribution in [0, 0.1) is 12.3 Å². The molecule has 0 unspecified atom stereocenters. The van der Waals surface area contributed by atoms with Crippen LogP contribution in [0.3, 0.4) is 0 Å². The van der Waals surface area contributed by atoms with Gasteiger partial charge < -0.3 is 10.4 Å². The van der Waals surface area contributed by atoms with Crippen molar-refractivity contribution >= 4 is 5.91 Å². The summed E-state index contributed by atoms with van der Waals surface area (Å²) < 4.78 is 0. The third-order valence-electron chi connectivity index (χ3n) is 3.90. The van der Waals surface area contributed by atoms with Crippen LogP contribution < -0.4 is 5.32 Å². The number of carbonyl (C=O) groups is 1. The van der Waals surface area contributed by atoms with E-state index in [1.54, 1.807) is 0 Å². The monoisotopic (exact) mass is 267 g/mol. The lowest BCUT2D eigenvalue weighted by Crippen LogP contribution is -2.38. The summed E-state index contributed by atoms with van der Waals surface area (Å²) in [5, 5.41) is 19.0. The molecule has 0 saturated heterocycles. The van der Waals surface area contributed by atoms with Gasteiger partial charge in [-0.1, -0.05) is 13.8 Å². The lowest BCUT2D eigenvalue weighted by Gasteiger charge is -2.31. The molecule has 0 aliphatic heterocycles. The van der Waals surface area contributed by atoms with Crippen LogP contribution in [0.25, 0.3) is 0 Å². The maximum Gasteiger partial charge on any atom is 0.226 e. The fraction of sp³-hybridized carbons (Fsp3) is 0.714. The van der Waals surface area contributed by atoms with Gasteiger partial charge in [0.25, 0.3) is 0 Å². The van der Waals surface area contributed by atoms with Crippen molar-refractivity contribution in [1.82, 2.24) is 15.5 Å². The Morgan fingerprint density at radius 2 is 2.16 bits per heavy atom. The molecule has 19 heavy (non-hydrogen) atoms. The Morgan fingerprint density at radius 1 is 1.47 bits per heavy atom. The van der Waals surface area contributed by atoms with E-state index in [-0.39, 0.29) is 17.9 Å². The Morgan fingerprint density at radius 3 is 2.63 bits per heavy atom. The third kappa shape index (κ3) is 4.67. The summed E-state index contributed by atoms with van der Waals surface area (Å²) in [5.41, 5.74) is 1.72. The molecule has 108 valence electrons. The minimum atomic E-state index is -0.0179. The molecule has 1 aromatic rings. The molecule has 5 nitrogen and oxygen atoms in total. The van der Waals surface area contributed by atoms with Crippen LogP contribution in [0.4, 0.5) is 0 Å². The van der Waals surface area contributed by atoms with E-state index in [1.165, 1.54) is 0 Å². The van der Waals surface area contributed by atoms with Crippen LogP contribution in [-0.2, 0) is 11.2 Å². The number of H-pyrrole nitrogens is 1. The summed E-state index contributed by atoms with van der Waals surface area (Å²) >= 11 is 0. The molecule has 1 heterocycles. The Hall–Kier alpha value is -1.36. The number of nitrogens with one attached hydrogen (secondary N) is 2. The van der Waals surface area contributed by atoms with E-state index in [9.17, 15) is 4.79 Å². The van der Waals surface area contributed by atoms with E-state index in [4.69, 9.17) is 5.11 Å².